The van der Waals surface area contributed by atoms with Gasteiger partial charge in [-0.15, -0.1) is 10.2 Å². The van der Waals surface area contributed by atoms with E-state index in [1.165, 1.54) is 6.07 Å². The van der Waals surface area contributed by atoms with Crippen LogP contribution in [-0.2, 0) is 9.53 Å². The van der Waals surface area contributed by atoms with Gasteiger partial charge in [-0.1, -0.05) is 23.2 Å². The first kappa shape index (κ1) is 13.0. The fourth-order valence-corrected chi connectivity index (χ4v) is 1.48. The summed E-state index contributed by atoms with van der Waals surface area (Å²) in [5.41, 5.74) is 0.537. The van der Waals surface area contributed by atoms with E-state index in [0.717, 1.165) is 0 Å². The number of halogens is 2. The molecule has 0 amide bonds. The van der Waals surface area contributed by atoms with Crippen LogP contribution in [0.1, 0.15) is 6.92 Å². The van der Waals surface area contributed by atoms with Crippen molar-refractivity contribution in [3.8, 4) is 0 Å². The standard InChI is InChI=1S/C9H11Cl2N3O2/c1-3-16-8(15)5-14(2)6-4-7(10)12-13-9(6)11/h4H,3,5H2,1-2H3. The highest BCUT2D eigenvalue weighted by Gasteiger charge is 2.13. The Bertz CT molecular complexity index is 387. The Balaban J connectivity index is 2.76. The zero-order valence-corrected chi connectivity index (χ0v) is 10.4. The molecular formula is C9H11Cl2N3O2. The third-order valence-electron chi connectivity index (χ3n) is 1.78. The monoisotopic (exact) mass is 263 g/mol. The Hall–Kier alpha value is -1.07. The average Bonchev–Trinajstić information content (AvgIpc) is 2.21. The largest absolute Gasteiger partial charge is 0.465 e. The number of carbonyl (C=O) groups excluding carboxylic acids is 1. The summed E-state index contributed by atoms with van der Waals surface area (Å²) >= 11 is 11.5. The first-order valence-electron chi connectivity index (χ1n) is 4.60. The first-order chi connectivity index (χ1) is 7.54. The maximum Gasteiger partial charge on any atom is 0.325 e. The van der Waals surface area contributed by atoms with E-state index >= 15 is 0 Å². The molecule has 0 aliphatic carbocycles. The van der Waals surface area contributed by atoms with E-state index in [4.69, 9.17) is 27.9 Å². The summed E-state index contributed by atoms with van der Waals surface area (Å²) in [7, 11) is 1.69. The van der Waals surface area contributed by atoms with Gasteiger partial charge in [0.25, 0.3) is 0 Å². The third-order valence-corrected chi connectivity index (χ3v) is 2.24. The predicted molar refractivity (Wildman–Crippen MR) is 62.0 cm³/mol. The molecule has 7 heteroatoms. The lowest BCUT2D eigenvalue weighted by molar-refractivity contribution is -0.141. The highest BCUT2D eigenvalue weighted by atomic mass is 35.5. The summed E-state index contributed by atoms with van der Waals surface area (Å²) < 4.78 is 4.81. The lowest BCUT2D eigenvalue weighted by atomic mass is 10.4. The molecule has 1 aromatic rings. The van der Waals surface area contributed by atoms with Gasteiger partial charge in [-0.3, -0.25) is 4.79 Å². The molecule has 0 saturated heterocycles. The molecule has 0 spiro atoms. The molecule has 16 heavy (non-hydrogen) atoms. The minimum Gasteiger partial charge on any atom is -0.465 e. The van der Waals surface area contributed by atoms with Gasteiger partial charge in [0.2, 0.25) is 0 Å². The summed E-state index contributed by atoms with van der Waals surface area (Å²) in [6, 6.07) is 1.54. The number of rotatable bonds is 4. The van der Waals surface area contributed by atoms with Crippen molar-refractivity contribution in [2.45, 2.75) is 6.92 Å². The summed E-state index contributed by atoms with van der Waals surface area (Å²) in [5.74, 6) is -0.339. The van der Waals surface area contributed by atoms with Crippen molar-refractivity contribution in [1.29, 1.82) is 0 Å². The van der Waals surface area contributed by atoms with Gasteiger partial charge in [0.05, 0.1) is 12.3 Å². The predicted octanol–water partition coefficient (Wildman–Crippen LogP) is 1.78. The van der Waals surface area contributed by atoms with Gasteiger partial charge in [0.1, 0.15) is 6.54 Å². The highest BCUT2D eigenvalue weighted by Crippen LogP contribution is 2.23. The Morgan fingerprint density at radius 2 is 2.19 bits per heavy atom. The molecule has 0 bridgehead atoms. The van der Waals surface area contributed by atoms with E-state index in [0.29, 0.717) is 12.3 Å². The quantitative estimate of drug-likeness (QED) is 0.776. The minimum absolute atomic E-state index is 0.0790. The number of nitrogens with zero attached hydrogens (tertiary/aromatic N) is 3. The number of carbonyl (C=O) groups is 1. The van der Waals surface area contributed by atoms with Crippen LogP contribution in [-0.4, -0.2) is 36.4 Å². The second kappa shape index (κ2) is 5.86. The van der Waals surface area contributed by atoms with Crippen molar-refractivity contribution >= 4 is 34.9 Å². The molecule has 0 atom stereocenters. The minimum atomic E-state index is -0.339. The molecule has 1 heterocycles. The Morgan fingerprint density at radius 3 is 2.81 bits per heavy atom. The van der Waals surface area contributed by atoms with Crippen molar-refractivity contribution in [2.24, 2.45) is 0 Å². The van der Waals surface area contributed by atoms with E-state index in [-0.39, 0.29) is 22.8 Å². The van der Waals surface area contributed by atoms with Gasteiger partial charge in [-0.25, -0.2) is 0 Å². The van der Waals surface area contributed by atoms with Crippen LogP contribution in [0, 0.1) is 0 Å². The zero-order chi connectivity index (χ0) is 12.1. The lowest BCUT2D eigenvalue weighted by Gasteiger charge is -2.18. The number of hydrogen-bond donors (Lipinski definition) is 0. The van der Waals surface area contributed by atoms with E-state index in [2.05, 4.69) is 10.2 Å². The molecule has 1 aromatic heterocycles. The molecule has 0 aliphatic rings. The lowest BCUT2D eigenvalue weighted by Crippen LogP contribution is -2.27. The smallest absolute Gasteiger partial charge is 0.325 e. The van der Waals surface area contributed by atoms with Crippen molar-refractivity contribution in [3.63, 3.8) is 0 Å². The molecule has 0 fully saturated rings. The second-order valence-corrected chi connectivity index (χ2v) is 3.75. The van der Waals surface area contributed by atoms with Crippen molar-refractivity contribution in [3.05, 3.63) is 16.4 Å². The SMILES string of the molecule is CCOC(=O)CN(C)c1cc(Cl)nnc1Cl. The van der Waals surface area contributed by atoms with Gasteiger partial charge in [-0.2, -0.15) is 0 Å². The van der Waals surface area contributed by atoms with Crippen molar-refractivity contribution in [2.75, 3.05) is 25.1 Å². The van der Waals surface area contributed by atoms with Crippen LogP contribution in [0.5, 0.6) is 0 Å². The number of ether oxygens (including phenoxy) is 1. The molecule has 0 aliphatic heterocycles. The molecule has 0 aromatic carbocycles. The van der Waals surface area contributed by atoms with Crippen LogP contribution in [0.4, 0.5) is 5.69 Å². The van der Waals surface area contributed by atoms with E-state index in [1.54, 1.807) is 18.9 Å². The fraction of sp³-hybridized carbons (Fsp3) is 0.444. The van der Waals surface area contributed by atoms with Gasteiger partial charge in [-0.05, 0) is 6.92 Å². The summed E-state index contributed by atoms with van der Waals surface area (Å²) in [6.45, 7) is 2.17. The Labute approximate surface area is 103 Å². The van der Waals surface area contributed by atoms with Crippen LogP contribution in [0.25, 0.3) is 0 Å². The van der Waals surface area contributed by atoms with Gasteiger partial charge in [0, 0.05) is 13.1 Å². The topological polar surface area (TPSA) is 55.3 Å². The number of hydrogen-bond acceptors (Lipinski definition) is 5. The molecule has 5 nitrogen and oxygen atoms in total. The van der Waals surface area contributed by atoms with Gasteiger partial charge >= 0.3 is 5.97 Å². The average molecular weight is 264 g/mol. The maximum absolute atomic E-state index is 11.2. The van der Waals surface area contributed by atoms with Gasteiger partial charge in [0.15, 0.2) is 10.3 Å². The Morgan fingerprint density at radius 1 is 1.50 bits per heavy atom. The maximum atomic E-state index is 11.2. The van der Waals surface area contributed by atoms with Crippen LogP contribution >= 0.6 is 23.2 Å². The van der Waals surface area contributed by atoms with Gasteiger partial charge < -0.3 is 9.64 Å². The van der Waals surface area contributed by atoms with Crippen molar-refractivity contribution < 1.29 is 9.53 Å². The third kappa shape index (κ3) is 3.50. The van der Waals surface area contributed by atoms with Crippen LogP contribution in [0.3, 0.4) is 0 Å². The zero-order valence-electron chi connectivity index (χ0n) is 8.91. The molecule has 0 saturated carbocycles. The highest BCUT2D eigenvalue weighted by molar-refractivity contribution is 6.33. The van der Waals surface area contributed by atoms with Crippen LogP contribution in [0.2, 0.25) is 10.3 Å². The number of anilines is 1. The number of esters is 1. The van der Waals surface area contributed by atoms with E-state index in [9.17, 15) is 4.79 Å². The number of aromatic nitrogens is 2. The molecule has 0 N–H and O–H groups in total. The molecule has 1 rings (SSSR count). The second-order valence-electron chi connectivity index (χ2n) is 3.00. The normalized spacial score (nSPS) is 10.0. The summed E-state index contributed by atoms with van der Waals surface area (Å²) in [6.07, 6.45) is 0. The first-order valence-corrected chi connectivity index (χ1v) is 5.35. The molecule has 88 valence electrons. The van der Waals surface area contributed by atoms with E-state index < -0.39 is 0 Å². The summed E-state index contributed by atoms with van der Waals surface area (Å²) in [5, 5.41) is 7.63. The number of likely N-dealkylation sites (N-methyl/N-ethyl adjacent to an activating group) is 1. The Kier molecular flexibility index (Phi) is 4.76. The van der Waals surface area contributed by atoms with Crippen LogP contribution < -0.4 is 4.90 Å². The fourth-order valence-electron chi connectivity index (χ4n) is 1.10. The molecular weight excluding hydrogens is 253 g/mol. The molecule has 0 radical (unpaired) electrons. The van der Waals surface area contributed by atoms with Crippen molar-refractivity contribution in [1.82, 2.24) is 10.2 Å². The van der Waals surface area contributed by atoms with Crippen LogP contribution in [0.15, 0.2) is 6.07 Å². The summed E-state index contributed by atoms with van der Waals surface area (Å²) in [4.78, 5) is 12.8. The molecule has 0 unspecified atom stereocenters. The van der Waals surface area contributed by atoms with E-state index in [1.807, 2.05) is 0 Å².